The molecule has 2 aromatic rings. The molecule has 2 rings (SSSR count). The number of hydrogen-bond acceptors (Lipinski definition) is 4. The molecular formula is C16H23N5O2. The second kappa shape index (κ2) is 8.07. The fourth-order valence-corrected chi connectivity index (χ4v) is 2.13. The number of hydrogen-bond donors (Lipinski definition) is 2. The van der Waals surface area contributed by atoms with Gasteiger partial charge in [0.05, 0.1) is 20.5 Å². The standard InChI is InChI=1S/C16H23N5O2/c1-12-10-18-11-21(12)6-4-5-19-16(17)20-13-7-14(22-2)9-15(8-13)23-3/h7-11H,4-6H2,1-3H3,(H3,17,19,20). The van der Waals surface area contributed by atoms with Gasteiger partial charge in [0.1, 0.15) is 11.5 Å². The molecule has 0 spiro atoms. The van der Waals surface area contributed by atoms with Crippen molar-refractivity contribution < 1.29 is 9.47 Å². The maximum absolute atomic E-state index is 5.92. The van der Waals surface area contributed by atoms with E-state index in [1.165, 1.54) is 0 Å². The first-order valence-corrected chi connectivity index (χ1v) is 7.39. The molecule has 1 aromatic heterocycles. The number of guanidine groups is 1. The summed E-state index contributed by atoms with van der Waals surface area (Å²) in [4.78, 5) is 8.42. The number of anilines is 1. The monoisotopic (exact) mass is 317 g/mol. The topological polar surface area (TPSA) is 86.7 Å². The average molecular weight is 317 g/mol. The number of methoxy groups -OCH3 is 2. The first kappa shape index (κ1) is 16.7. The number of aromatic nitrogens is 2. The van der Waals surface area contributed by atoms with E-state index in [4.69, 9.17) is 15.2 Å². The molecule has 1 heterocycles. The molecule has 0 saturated carbocycles. The predicted molar refractivity (Wildman–Crippen MR) is 91.2 cm³/mol. The third-order valence-corrected chi connectivity index (χ3v) is 3.38. The normalized spacial score (nSPS) is 11.3. The highest BCUT2D eigenvalue weighted by Crippen LogP contribution is 2.25. The SMILES string of the molecule is COc1cc(NC(N)=NCCCn2cncc2C)cc(OC)c1. The van der Waals surface area contributed by atoms with E-state index in [-0.39, 0.29) is 0 Å². The van der Waals surface area contributed by atoms with Gasteiger partial charge in [-0.05, 0) is 13.3 Å². The van der Waals surface area contributed by atoms with Gasteiger partial charge in [-0.15, -0.1) is 0 Å². The van der Waals surface area contributed by atoms with Crippen molar-refractivity contribution >= 4 is 11.6 Å². The summed E-state index contributed by atoms with van der Waals surface area (Å²) >= 11 is 0. The lowest BCUT2D eigenvalue weighted by Gasteiger charge is -2.10. The van der Waals surface area contributed by atoms with Crippen molar-refractivity contribution in [1.82, 2.24) is 9.55 Å². The van der Waals surface area contributed by atoms with Gasteiger partial charge in [0.15, 0.2) is 5.96 Å². The van der Waals surface area contributed by atoms with Crippen LogP contribution in [0.4, 0.5) is 5.69 Å². The van der Waals surface area contributed by atoms with E-state index in [9.17, 15) is 0 Å². The van der Waals surface area contributed by atoms with Gasteiger partial charge in [-0.2, -0.15) is 0 Å². The molecule has 7 nitrogen and oxygen atoms in total. The highest BCUT2D eigenvalue weighted by atomic mass is 16.5. The van der Waals surface area contributed by atoms with Crippen LogP contribution in [-0.2, 0) is 6.54 Å². The van der Waals surface area contributed by atoms with Gasteiger partial charge in [0.25, 0.3) is 0 Å². The molecular weight excluding hydrogens is 294 g/mol. The molecule has 0 aliphatic carbocycles. The van der Waals surface area contributed by atoms with Crippen LogP contribution < -0.4 is 20.5 Å². The Bertz CT molecular complexity index is 644. The molecule has 0 fully saturated rings. The Hall–Kier alpha value is -2.70. The number of benzene rings is 1. The first-order valence-electron chi connectivity index (χ1n) is 7.39. The van der Waals surface area contributed by atoms with Gasteiger partial charge >= 0.3 is 0 Å². The second-order valence-corrected chi connectivity index (χ2v) is 5.08. The number of nitrogens with one attached hydrogen (secondary N) is 1. The minimum atomic E-state index is 0.364. The van der Waals surface area contributed by atoms with Gasteiger partial charge in [0.2, 0.25) is 0 Å². The summed E-state index contributed by atoms with van der Waals surface area (Å²) in [6.45, 7) is 3.54. The van der Waals surface area contributed by atoms with Crippen LogP contribution in [0.2, 0.25) is 0 Å². The number of rotatable bonds is 7. The molecule has 3 N–H and O–H groups in total. The summed E-state index contributed by atoms with van der Waals surface area (Å²) in [6, 6.07) is 5.46. The van der Waals surface area contributed by atoms with Crippen LogP contribution in [0, 0.1) is 6.92 Å². The molecule has 0 amide bonds. The second-order valence-electron chi connectivity index (χ2n) is 5.08. The molecule has 0 aliphatic rings. The summed E-state index contributed by atoms with van der Waals surface area (Å²) in [6.07, 6.45) is 4.56. The summed E-state index contributed by atoms with van der Waals surface area (Å²) in [5.41, 5.74) is 7.83. The van der Waals surface area contributed by atoms with Gasteiger partial charge in [-0.25, -0.2) is 4.98 Å². The zero-order valence-corrected chi connectivity index (χ0v) is 13.7. The highest BCUT2D eigenvalue weighted by molar-refractivity contribution is 5.92. The van der Waals surface area contributed by atoms with Gasteiger partial charge < -0.3 is 25.1 Å². The fourth-order valence-electron chi connectivity index (χ4n) is 2.13. The van der Waals surface area contributed by atoms with Crippen molar-refractivity contribution in [1.29, 1.82) is 0 Å². The predicted octanol–water partition coefficient (Wildman–Crippen LogP) is 2.03. The maximum atomic E-state index is 5.92. The van der Waals surface area contributed by atoms with Crippen LogP contribution in [0.5, 0.6) is 11.5 Å². The summed E-state index contributed by atoms with van der Waals surface area (Å²) in [5.74, 6) is 1.74. The lowest BCUT2D eigenvalue weighted by atomic mass is 10.3. The number of nitrogens with two attached hydrogens (primary N) is 1. The van der Waals surface area contributed by atoms with Crippen molar-refractivity contribution in [2.75, 3.05) is 26.1 Å². The molecule has 0 atom stereocenters. The third kappa shape index (κ3) is 4.91. The van der Waals surface area contributed by atoms with E-state index >= 15 is 0 Å². The largest absolute Gasteiger partial charge is 0.497 e. The van der Waals surface area contributed by atoms with Crippen LogP contribution in [0.3, 0.4) is 0 Å². The van der Waals surface area contributed by atoms with E-state index < -0.39 is 0 Å². The Morgan fingerprint density at radius 2 is 1.96 bits per heavy atom. The molecule has 0 radical (unpaired) electrons. The van der Waals surface area contributed by atoms with E-state index in [2.05, 4.69) is 19.9 Å². The molecule has 1 aromatic carbocycles. The zero-order chi connectivity index (χ0) is 16.7. The quantitative estimate of drug-likeness (QED) is 0.463. The zero-order valence-electron chi connectivity index (χ0n) is 13.7. The molecule has 124 valence electrons. The Labute approximate surface area is 136 Å². The Morgan fingerprint density at radius 1 is 1.26 bits per heavy atom. The Kier molecular flexibility index (Phi) is 5.85. The lowest BCUT2D eigenvalue weighted by molar-refractivity contribution is 0.395. The maximum Gasteiger partial charge on any atom is 0.193 e. The van der Waals surface area contributed by atoms with E-state index in [1.807, 2.05) is 31.6 Å². The smallest absolute Gasteiger partial charge is 0.193 e. The number of aliphatic imine (C=N–C) groups is 1. The van der Waals surface area contributed by atoms with Crippen molar-refractivity contribution in [2.24, 2.45) is 10.7 Å². The number of nitrogens with zero attached hydrogens (tertiary/aromatic N) is 3. The number of aryl methyl sites for hydroxylation is 2. The summed E-state index contributed by atoms with van der Waals surface area (Å²) in [5, 5.41) is 3.04. The first-order chi connectivity index (χ1) is 11.1. The Balaban J connectivity index is 1.88. The molecule has 0 aliphatic heterocycles. The van der Waals surface area contributed by atoms with Gasteiger partial charge in [-0.3, -0.25) is 4.99 Å². The van der Waals surface area contributed by atoms with Gasteiger partial charge in [-0.1, -0.05) is 0 Å². The number of imidazole rings is 1. The highest BCUT2D eigenvalue weighted by Gasteiger charge is 2.03. The molecule has 0 unspecified atom stereocenters. The molecule has 0 bridgehead atoms. The van der Waals surface area contributed by atoms with E-state index in [0.717, 1.165) is 24.3 Å². The molecule has 7 heteroatoms. The van der Waals surface area contributed by atoms with Gasteiger partial charge in [0, 0.05) is 48.9 Å². The molecule has 23 heavy (non-hydrogen) atoms. The minimum absolute atomic E-state index is 0.364. The lowest BCUT2D eigenvalue weighted by Crippen LogP contribution is -2.23. The summed E-state index contributed by atoms with van der Waals surface area (Å²) in [7, 11) is 3.21. The van der Waals surface area contributed by atoms with E-state index in [1.54, 1.807) is 20.3 Å². The van der Waals surface area contributed by atoms with Crippen LogP contribution in [-0.4, -0.2) is 36.3 Å². The van der Waals surface area contributed by atoms with Crippen molar-refractivity contribution in [3.05, 3.63) is 36.4 Å². The fraction of sp³-hybridized carbons (Fsp3) is 0.375. The van der Waals surface area contributed by atoms with Crippen molar-refractivity contribution in [3.8, 4) is 11.5 Å². The van der Waals surface area contributed by atoms with Crippen LogP contribution in [0.15, 0.2) is 35.7 Å². The average Bonchev–Trinajstić information content (AvgIpc) is 2.96. The molecule has 0 saturated heterocycles. The van der Waals surface area contributed by atoms with Crippen LogP contribution in [0.25, 0.3) is 0 Å². The third-order valence-electron chi connectivity index (χ3n) is 3.38. The Morgan fingerprint density at radius 3 is 2.52 bits per heavy atom. The van der Waals surface area contributed by atoms with Crippen molar-refractivity contribution in [2.45, 2.75) is 19.9 Å². The van der Waals surface area contributed by atoms with Crippen molar-refractivity contribution in [3.63, 3.8) is 0 Å². The minimum Gasteiger partial charge on any atom is -0.497 e. The van der Waals surface area contributed by atoms with Crippen LogP contribution >= 0.6 is 0 Å². The van der Waals surface area contributed by atoms with E-state index in [0.29, 0.717) is 24.0 Å². The van der Waals surface area contributed by atoms with Crippen LogP contribution in [0.1, 0.15) is 12.1 Å². The summed E-state index contributed by atoms with van der Waals surface area (Å²) < 4.78 is 12.5. The number of ether oxygens (including phenoxy) is 2.